The maximum Gasteiger partial charge on any atom is 0.407 e. The number of aliphatic hydroxyl groups excluding tert-OH is 1. The maximum absolute atomic E-state index is 10.9. The molecule has 4 heteroatoms. The van der Waals surface area contributed by atoms with E-state index in [0.717, 1.165) is 5.56 Å². The number of nitrogens with one attached hydrogen (secondary N) is 1. The van der Waals surface area contributed by atoms with Crippen molar-refractivity contribution in [2.24, 2.45) is 0 Å². The summed E-state index contributed by atoms with van der Waals surface area (Å²) in [7, 11) is 1.29. The molecule has 0 heterocycles. The zero-order chi connectivity index (χ0) is 11.3. The predicted molar refractivity (Wildman–Crippen MR) is 56.4 cm³/mol. The van der Waals surface area contributed by atoms with E-state index >= 15 is 0 Å². The van der Waals surface area contributed by atoms with Crippen LogP contribution in [-0.2, 0) is 4.74 Å². The Morgan fingerprint density at radius 2 is 2.00 bits per heavy atom. The fourth-order valence-electron chi connectivity index (χ4n) is 1.26. The Hall–Kier alpha value is -1.55. The molecule has 15 heavy (non-hydrogen) atoms. The van der Waals surface area contributed by atoms with Crippen LogP contribution in [0.3, 0.4) is 0 Å². The first-order valence-corrected chi connectivity index (χ1v) is 4.72. The molecule has 1 aromatic rings. The van der Waals surface area contributed by atoms with Gasteiger partial charge in [-0.1, -0.05) is 30.3 Å². The molecule has 0 spiro atoms. The van der Waals surface area contributed by atoms with Crippen molar-refractivity contribution in [1.29, 1.82) is 0 Å². The maximum atomic E-state index is 10.9. The molecule has 0 fully saturated rings. The Morgan fingerprint density at radius 1 is 1.40 bits per heavy atom. The normalized spacial score (nSPS) is 14.1. The van der Waals surface area contributed by atoms with Crippen molar-refractivity contribution in [3.8, 4) is 0 Å². The number of benzene rings is 1. The van der Waals surface area contributed by atoms with E-state index in [1.165, 1.54) is 7.11 Å². The highest BCUT2D eigenvalue weighted by atomic mass is 16.5. The molecule has 1 rings (SSSR count). The van der Waals surface area contributed by atoms with Gasteiger partial charge in [0.15, 0.2) is 0 Å². The van der Waals surface area contributed by atoms with E-state index < -0.39 is 12.2 Å². The van der Waals surface area contributed by atoms with Crippen LogP contribution in [0.4, 0.5) is 4.79 Å². The van der Waals surface area contributed by atoms with Crippen molar-refractivity contribution >= 4 is 6.09 Å². The third kappa shape index (κ3) is 3.25. The summed E-state index contributed by atoms with van der Waals surface area (Å²) >= 11 is 0. The molecule has 4 nitrogen and oxygen atoms in total. The number of carbonyl (C=O) groups is 1. The van der Waals surface area contributed by atoms with Gasteiger partial charge in [-0.3, -0.25) is 0 Å². The van der Waals surface area contributed by atoms with Gasteiger partial charge in [0, 0.05) is 0 Å². The standard InChI is InChI=1S/C11H15NO3/c1-8(12-11(14)15-2)10(13)9-6-4-3-5-7-9/h3-8,10,13H,1-2H3,(H,12,14)/t8-,10-/m0/s1. The van der Waals surface area contributed by atoms with Crippen molar-refractivity contribution < 1.29 is 14.6 Å². The lowest BCUT2D eigenvalue weighted by Gasteiger charge is -2.19. The van der Waals surface area contributed by atoms with Gasteiger partial charge in [0.1, 0.15) is 0 Å². The lowest BCUT2D eigenvalue weighted by Crippen LogP contribution is -2.36. The molecule has 2 N–H and O–H groups in total. The molecule has 0 aliphatic carbocycles. The first-order chi connectivity index (χ1) is 7.15. The van der Waals surface area contributed by atoms with Crippen LogP contribution in [0.5, 0.6) is 0 Å². The van der Waals surface area contributed by atoms with Crippen LogP contribution >= 0.6 is 0 Å². The quantitative estimate of drug-likeness (QED) is 0.792. The van der Waals surface area contributed by atoms with Crippen molar-refractivity contribution in [3.63, 3.8) is 0 Å². The van der Waals surface area contributed by atoms with Crippen LogP contribution in [0.15, 0.2) is 30.3 Å². The second-order valence-corrected chi connectivity index (χ2v) is 3.28. The molecular weight excluding hydrogens is 194 g/mol. The van der Waals surface area contributed by atoms with Crippen LogP contribution in [0.1, 0.15) is 18.6 Å². The van der Waals surface area contributed by atoms with Gasteiger partial charge < -0.3 is 15.2 Å². The molecule has 0 aliphatic heterocycles. The topological polar surface area (TPSA) is 58.6 Å². The molecule has 0 saturated heterocycles. The molecular formula is C11H15NO3. The Bertz CT molecular complexity index is 313. The van der Waals surface area contributed by atoms with E-state index in [9.17, 15) is 9.90 Å². The highest BCUT2D eigenvalue weighted by Gasteiger charge is 2.17. The van der Waals surface area contributed by atoms with Crippen molar-refractivity contribution in [2.45, 2.75) is 19.1 Å². The van der Waals surface area contributed by atoms with E-state index in [0.29, 0.717) is 0 Å². The number of alkyl carbamates (subject to hydrolysis) is 1. The van der Waals surface area contributed by atoms with Gasteiger partial charge in [0.05, 0.1) is 19.3 Å². The number of carbonyl (C=O) groups excluding carboxylic acids is 1. The Morgan fingerprint density at radius 3 is 2.53 bits per heavy atom. The number of rotatable bonds is 3. The van der Waals surface area contributed by atoms with Crippen molar-refractivity contribution in [3.05, 3.63) is 35.9 Å². The molecule has 0 radical (unpaired) electrons. The minimum atomic E-state index is -0.731. The Kier molecular flexibility index (Phi) is 4.12. The van der Waals surface area contributed by atoms with Gasteiger partial charge in [-0.2, -0.15) is 0 Å². The largest absolute Gasteiger partial charge is 0.453 e. The lowest BCUT2D eigenvalue weighted by molar-refractivity contribution is 0.120. The minimum absolute atomic E-state index is 0.389. The summed E-state index contributed by atoms with van der Waals surface area (Å²) in [4.78, 5) is 10.9. The van der Waals surface area contributed by atoms with Gasteiger partial charge in [0.2, 0.25) is 0 Å². The fourth-order valence-corrected chi connectivity index (χ4v) is 1.26. The predicted octanol–water partition coefficient (Wildman–Crippen LogP) is 1.46. The molecule has 0 aliphatic rings. The second kappa shape index (κ2) is 5.36. The van der Waals surface area contributed by atoms with Gasteiger partial charge in [-0.25, -0.2) is 4.79 Å². The summed E-state index contributed by atoms with van der Waals surface area (Å²) in [6.45, 7) is 1.72. The van der Waals surface area contributed by atoms with Crippen LogP contribution in [-0.4, -0.2) is 24.4 Å². The van der Waals surface area contributed by atoms with Crippen molar-refractivity contribution in [2.75, 3.05) is 7.11 Å². The lowest BCUT2D eigenvalue weighted by atomic mass is 10.0. The summed E-state index contributed by atoms with van der Waals surface area (Å²) in [6.07, 6.45) is -1.28. The van der Waals surface area contributed by atoms with Gasteiger partial charge >= 0.3 is 6.09 Å². The number of amides is 1. The first kappa shape index (κ1) is 11.5. The first-order valence-electron chi connectivity index (χ1n) is 4.72. The number of hydrogen-bond donors (Lipinski definition) is 2. The second-order valence-electron chi connectivity index (χ2n) is 3.28. The molecule has 1 aromatic carbocycles. The average molecular weight is 209 g/mol. The summed E-state index contributed by atoms with van der Waals surface area (Å²) in [5, 5.41) is 12.4. The molecule has 0 bridgehead atoms. The third-order valence-electron chi connectivity index (χ3n) is 2.15. The van der Waals surface area contributed by atoms with Gasteiger partial charge in [-0.05, 0) is 12.5 Å². The van der Waals surface area contributed by atoms with Crippen molar-refractivity contribution in [1.82, 2.24) is 5.32 Å². The van der Waals surface area contributed by atoms with E-state index in [4.69, 9.17) is 0 Å². The van der Waals surface area contributed by atoms with Crippen LogP contribution in [0, 0.1) is 0 Å². The van der Waals surface area contributed by atoms with Crippen LogP contribution < -0.4 is 5.32 Å². The average Bonchev–Trinajstić information content (AvgIpc) is 2.29. The highest BCUT2D eigenvalue weighted by Crippen LogP contribution is 2.15. The summed E-state index contributed by atoms with van der Waals surface area (Å²) in [5.74, 6) is 0. The van der Waals surface area contributed by atoms with Crippen LogP contribution in [0.25, 0.3) is 0 Å². The molecule has 0 unspecified atom stereocenters. The number of methoxy groups -OCH3 is 1. The van der Waals surface area contributed by atoms with Gasteiger partial charge in [0.25, 0.3) is 0 Å². The smallest absolute Gasteiger partial charge is 0.407 e. The number of aliphatic hydroxyl groups is 1. The molecule has 82 valence electrons. The monoisotopic (exact) mass is 209 g/mol. The Balaban J connectivity index is 2.61. The zero-order valence-corrected chi connectivity index (χ0v) is 8.81. The minimum Gasteiger partial charge on any atom is -0.453 e. The highest BCUT2D eigenvalue weighted by molar-refractivity contribution is 5.67. The molecule has 2 atom stereocenters. The van der Waals surface area contributed by atoms with E-state index in [-0.39, 0.29) is 6.04 Å². The van der Waals surface area contributed by atoms with E-state index in [1.807, 2.05) is 18.2 Å². The third-order valence-corrected chi connectivity index (χ3v) is 2.15. The molecule has 0 aromatic heterocycles. The summed E-state index contributed by atoms with van der Waals surface area (Å²) in [5.41, 5.74) is 0.765. The van der Waals surface area contributed by atoms with E-state index in [1.54, 1.807) is 19.1 Å². The zero-order valence-electron chi connectivity index (χ0n) is 8.81. The summed E-state index contributed by atoms with van der Waals surface area (Å²) in [6, 6.07) is 8.77. The summed E-state index contributed by atoms with van der Waals surface area (Å²) < 4.78 is 4.45. The fraction of sp³-hybridized carbons (Fsp3) is 0.364. The van der Waals surface area contributed by atoms with Gasteiger partial charge in [-0.15, -0.1) is 0 Å². The van der Waals surface area contributed by atoms with E-state index in [2.05, 4.69) is 10.1 Å². The SMILES string of the molecule is COC(=O)N[C@@H](C)[C@H](O)c1ccccc1. The number of hydrogen-bond acceptors (Lipinski definition) is 3. The molecule has 1 amide bonds. The van der Waals surface area contributed by atoms with Crippen LogP contribution in [0.2, 0.25) is 0 Å². The Labute approximate surface area is 88.9 Å². The molecule has 0 saturated carbocycles. The number of ether oxygens (including phenoxy) is 1.